The molecule has 0 aliphatic rings. The number of rotatable bonds is 6. The summed E-state index contributed by atoms with van der Waals surface area (Å²) in [6.07, 6.45) is 1.56. The van der Waals surface area contributed by atoms with Crippen LogP contribution in [0.25, 0.3) is 0 Å². The third-order valence-electron chi connectivity index (χ3n) is 3.71. The zero-order valence-electron chi connectivity index (χ0n) is 13.7. The van der Waals surface area contributed by atoms with Crippen LogP contribution in [0.5, 0.6) is 5.75 Å². The van der Waals surface area contributed by atoms with Gasteiger partial charge in [-0.2, -0.15) is 0 Å². The highest BCUT2D eigenvalue weighted by molar-refractivity contribution is 5.98. The van der Waals surface area contributed by atoms with Gasteiger partial charge in [0, 0.05) is 12.7 Å². The summed E-state index contributed by atoms with van der Waals surface area (Å²) in [5.74, 6) is 0.773. The van der Waals surface area contributed by atoms with Crippen LogP contribution >= 0.6 is 0 Å². The lowest BCUT2D eigenvalue weighted by atomic mass is 10.2. The number of nitrogens with zero attached hydrogens (tertiary/aromatic N) is 1. The van der Waals surface area contributed by atoms with Crippen molar-refractivity contribution in [1.29, 1.82) is 0 Å². The number of anilines is 1. The molecule has 0 bridgehead atoms. The molecule has 1 heterocycles. The maximum absolute atomic E-state index is 12.1. The Morgan fingerprint density at radius 2 is 1.72 bits per heavy atom. The van der Waals surface area contributed by atoms with Crippen molar-refractivity contribution in [2.45, 2.75) is 13.2 Å². The second-order valence-corrected chi connectivity index (χ2v) is 5.54. The highest BCUT2D eigenvalue weighted by atomic mass is 16.5. The lowest BCUT2D eigenvalue weighted by molar-refractivity contribution is 0.0951. The highest BCUT2D eigenvalue weighted by Crippen LogP contribution is 2.14. The monoisotopic (exact) mass is 333 g/mol. The summed E-state index contributed by atoms with van der Waals surface area (Å²) >= 11 is 0. The van der Waals surface area contributed by atoms with Crippen LogP contribution in [-0.4, -0.2) is 10.9 Å². The number of hydrogen-bond acceptors (Lipinski definition) is 4. The molecule has 3 aromatic rings. The highest BCUT2D eigenvalue weighted by Gasteiger charge is 2.09. The van der Waals surface area contributed by atoms with Crippen LogP contribution < -0.4 is 15.8 Å². The molecule has 0 saturated carbocycles. The van der Waals surface area contributed by atoms with E-state index >= 15 is 0 Å². The summed E-state index contributed by atoms with van der Waals surface area (Å²) in [6.45, 7) is 0.934. The van der Waals surface area contributed by atoms with Gasteiger partial charge in [-0.25, -0.2) is 4.98 Å². The Kier molecular flexibility index (Phi) is 5.26. The molecule has 0 fully saturated rings. The maximum atomic E-state index is 12.1. The second-order valence-electron chi connectivity index (χ2n) is 5.54. The first-order valence-corrected chi connectivity index (χ1v) is 7.97. The largest absolute Gasteiger partial charge is 0.489 e. The minimum absolute atomic E-state index is 0.227. The van der Waals surface area contributed by atoms with E-state index in [0.29, 0.717) is 18.7 Å². The quantitative estimate of drug-likeness (QED) is 0.726. The van der Waals surface area contributed by atoms with E-state index in [1.165, 1.54) is 0 Å². The number of amides is 1. The van der Waals surface area contributed by atoms with E-state index in [2.05, 4.69) is 10.3 Å². The number of pyridine rings is 1. The SMILES string of the molecule is Nc1ncccc1C(=O)NCc1ccc(OCc2ccccc2)cc1. The Labute approximate surface area is 146 Å². The standard InChI is InChI=1S/C20H19N3O2/c21-19-18(7-4-12-22-19)20(24)23-13-15-8-10-17(11-9-15)25-14-16-5-2-1-3-6-16/h1-12H,13-14H2,(H2,21,22)(H,23,24). The molecule has 0 spiro atoms. The number of ether oxygens (including phenoxy) is 1. The molecule has 5 nitrogen and oxygen atoms in total. The van der Waals surface area contributed by atoms with Gasteiger partial charge in [-0.1, -0.05) is 42.5 Å². The fourth-order valence-corrected chi connectivity index (χ4v) is 2.33. The van der Waals surface area contributed by atoms with Gasteiger partial charge >= 0.3 is 0 Å². The molecule has 0 aliphatic heterocycles. The van der Waals surface area contributed by atoms with Gasteiger partial charge in [-0.05, 0) is 35.4 Å². The average molecular weight is 333 g/mol. The molecule has 0 unspecified atom stereocenters. The van der Waals surface area contributed by atoms with E-state index in [4.69, 9.17) is 10.5 Å². The number of hydrogen-bond donors (Lipinski definition) is 2. The summed E-state index contributed by atoms with van der Waals surface area (Å²) < 4.78 is 5.75. The molecule has 1 amide bonds. The molecule has 0 atom stereocenters. The van der Waals surface area contributed by atoms with Gasteiger partial charge in [-0.15, -0.1) is 0 Å². The fourth-order valence-electron chi connectivity index (χ4n) is 2.33. The number of nitrogens with two attached hydrogens (primary N) is 1. The van der Waals surface area contributed by atoms with E-state index in [1.54, 1.807) is 18.3 Å². The molecule has 3 N–H and O–H groups in total. The topological polar surface area (TPSA) is 77.2 Å². The normalized spacial score (nSPS) is 10.2. The van der Waals surface area contributed by atoms with Gasteiger partial charge in [0.1, 0.15) is 18.2 Å². The lowest BCUT2D eigenvalue weighted by Gasteiger charge is -2.09. The van der Waals surface area contributed by atoms with Crippen LogP contribution in [0.4, 0.5) is 5.82 Å². The number of aromatic nitrogens is 1. The van der Waals surface area contributed by atoms with Crippen LogP contribution in [0.15, 0.2) is 72.9 Å². The van der Waals surface area contributed by atoms with Gasteiger partial charge in [0.25, 0.3) is 5.91 Å². The molecule has 1 aromatic heterocycles. The smallest absolute Gasteiger partial charge is 0.255 e. The molecule has 0 radical (unpaired) electrons. The third kappa shape index (κ3) is 4.57. The Hall–Kier alpha value is -3.34. The van der Waals surface area contributed by atoms with E-state index in [1.807, 2.05) is 54.6 Å². The van der Waals surface area contributed by atoms with Crippen molar-refractivity contribution < 1.29 is 9.53 Å². The number of benzene rings is 2. The van der Waals surface area contributed by atoms with Gasteiger partial charge in [0.05, 0.1) is 5.56 Å². The van der Waals surface area contributed by atoms with E-state index in [9.17, 15) is 4.79 Å². The van der Waals surface area contributed by atoms with Crippen molar-refractivity contribution >= 4 is 11.7 Å². The van der Waals surface area contributed by atoms with Crippen LogP contribution in [-0.2, 0) is 13.2 Å². The first-order chi connectivity index (χ1) is 12.2. The van der Waals surface area contributed by atoms with Crippen LogP contribution in [0.2, 0.25) is 0 Å². The summed E-state index contributed by atoms with van der Waals surface area (Å²) in [5.41, 5.74) is 8.18. The number of carbonyl (C=O) groups excluding carboxylic acids is 1. The molecular weight excluding hydrogens is 314 g/mol. The molecule has 3 rings (SSSR count). The minimum Gasteiger partial charge on any atom is -0.489 e. The average Bonchev–Trinajstić information content (AvgIpc) is 2.66. The van der Waals surface area contributed by atoms with Crippen molar-refractivity contribution in [3.8, 4) is 5.75 Å². The molecule has 0 aliphatic carbocycles. The Morgan fingerprint density at radius 3 is 2.44 bits per heavy atom. The van der Waals surface area contributed by atoms with Gasteiger partial charge < -0.3 is 15.8 Å². The van der Waals surface area contributed by atoms with Gasteiger partial charge in [0.2, 0.25) is 0 Å². The molecule has 5 heteroatoms. The Balaban J connectivity index is 1.52. The first-order valence-electron chi connectivity index (χ1n) is 7.97. The van der Waals surface area contributed by atoms with Crippen molar-refractivity contribution in [3.05, 3.63) is 89.6 Å². The predicted molar refractivity (Wildman–Crippen MR) is 97.0 cm³/mol. The summed E-state index contributed by atoms with van der Waals surface area (Å²) in [4.78, 5) is 16.0. The summed E-state index contributed by atoms with van der Waals surface area (Å²) in [5, 5.41) is 2.83. The molecule has 0 saturated heterocycles. The van der Waals surface area contributed by atoms with Crippen LogP contribution in [0.1, 0.15) is 21.5 Å². The van der Waals surface area contributed by atoms with Crippen LogP contribution in [0, 0.1) is 0 Å². The van der Waals surface area contributed by atoms with E-state index < -0.39 is 0 Å². The molecule has 25 heavy (non-hydrogen) atoms. The predicted octanol–water partition coefficient (Wildman–Crippen LogP) is 3.17. The van der Waals surface area contributed by atoms with Crippen molar-refractivity contribution in [1.82, 2.24) is 10.3 Å². The number of nitrogen functional groups attached to an aromatic ring is 1. The third-order valence-corrected chi connectivity index (χ3v) is 3.71. The second kappa shape index (κ2) is 7.97. The molecule has 2 aromatic carbocycles. The van der Waals surface area contributed by atoms with E-state index in [0.717, 1.165) is 16.9 Å². The fraction of sp³-hybridized carbons (Fsp3) is 0.100. The number of carbonyl (C=O) groups is 1. The van der Waals surface area contributed by atoms with Gasteiger partial charge in [-0.3, -0.25) is 4.79 Å². The van der Waals surface area contributed by atoms with Crippen LogP contribution in [0.3, 0.4) is 0 Å². The maximum Gasteiger partial charge on any atom is 0.255 e. The van der Waals surface area contributed by atoms with Crippen molar-refractivity contribution in [2.75, 3.05) is 5.73 Å². The number of nitrogens with one attached hydrogen (secondary N) is 1. The lowest BCUT2D eigenvalue weighted by Crippen LogP contribution is -2.24. The first kappa shape index (κ1) is 16.5. The van der Waals surface area contributed by atoms with Gasteiger partial charge in [0.15, 0.2) is 0 Å². The minimum atomic E-state index is -0.241. The summed E-state index contributed by atoms with van der Waals surface area (Å²) in [6, 6.07) is 21.0. The van der Waals surface area contributed by atoms with Crippen molar-refractivity contribution in [2.24, 2.45) is 0 Å². The zero-order valence-corrected chi connectivity index (χ0v) is 13.7. The summed E-state index contributed by atoms with van der Waals surface area (Å²) in [7, 11) is 0. The molecular formula is C20H19N3O2. The Bertz CT molecular complexity index is 833. The van der Waals surface area contributed by atoms with E-state index in [-0.39, 0.29) is 11.7 Å². The zero-order chi connectivity index (χ0) is 17.5. The van der Waals surface area contributed by atoms with Crippen molar-refractivity contribution in [3.63, 3.8) is 0 Å². The Morgan fingerprint density at radius 1 is 0.960 bits per heavy atom. The molecule has 126 valence electrons.